The van der Waals surface area contributed by atoms with Crippen LogP contribution in [-0.2, 0) is 6.18 Å². The highest BCUT2D eigenvalue weighted by Gasteiger charge is 2.35. The van der Waals surface area contributed by atoms with Gasteiger partial charge in [0.2, 0.25) is 0 Å². The predicted octanol–water partition coefficient (Wildman–Crippen LogP) is 5.56. The number of aromatic nitrogens is 1. The number of alkyl halides is 3. The first kappa shape index (κ1) is 22.6. The van der Waals surface area contributed by atoms with Gasteiger partial charge >= 0.3 is 6.18 Å². The zero-order valence-corrected chi connectivity index (χ0v) is 16.8. The third-order valence-corrected chi connectivity index (χ3v) is 5.54. The van der Waals surface area contributed by atoms with Crippen LogP contribution in [0.1, 0.15) is 62.1 Å². The number of aliphatic hydroxyl groups excluding tert-OH is 1. The SMILES string of the molecule is CCCCCCCCOc1ccc(-c2cnc([C@@H](N)CO)s2)cc1C(F)(F)F. The van der Waals surface area contributed by atoms with Crippen molar-refractivity contribution in [1.82, 2.24) is 4.98 Å². The average Bonchev–Trinajstić information content (AvgIpc) is 3.16. The lowest BCUT2D eigenvalue weighted by molar-refractivity contribution is -0.138. The number of nitrogens with two attached hydrogens (primary N) is 1. The van der Waals surface area contributed by atoms with Gasteiger partial charge in [-0.2, -0.15) is 13.2 Å². The van der Waals surface area contributed by atoms with Crippen LogP contribution in [0.3, 0.4) is 0 Å². The Kier molecular flexibility index (Phi) is 8.72. The first-order chi connectivity index (χ1) is 13.4. The summed E-state index contributed by atoms with van der Waals surface area (Å²) < 4.78 is 45.9. The second-order valence-corrected chi connectivity index (χ2v) is 7.74. The molecule has 0 unspecified atom stereocenters. The minimum absolute atomic E-state index is 0.151. The van der Waals surface area contributed by atoms with E-state index in [2.05, 4.69) is 11.9 Å². The fraction of sp³-hybridized carbons (Fsp3) is 0.550. The first-order valence-corrected chi connectivity index (χ1v) is 10.3. The Morgan fingerprint density at radius 2 is 1.89 bits per heavy atom. The minimum atomic E-state index is -4.51. The van der Waals surface area contributed by atoms with Gasteiger partial charge in [0.05, 0.1) is 29.7 Å². The lowest BCUT2D eigenvalue weighted by Crippen LogP contribution is -2.13. The molecule has 0 fully saturated rings. The lowest BCUT2D eigenvalue weighted by Gasteiger charge is -2.15. The molecule has 8 heteroatoms. The predicted molar refractivity (Wildman–Crippen MR) is 105 cm³/mol. The molecule has 1 heterocycles. The Balaban J connectivity index is 2.08. The average molecular weight is 417 g/mol. The third-order valence-electron chi connectivity index (χ3n) is 4.36. The van der Waals surface area contributed by atoms with Gasteiger partial charge in [-0.05, 0) is 30.2 Å². The van der Waals surface area contributed by atoms with E-state index in [9.17, 15) is 13.2 Å². The monoisotopic (exact) mass is 416 g/mol. The highest BCUT2D eigenvalue weighted by Crippen LogP contribution is 2.40. The van der Waals surface area contributed by atoms with Gasteiger partial charge < -0.3 is 15.6 Å². The van der Waals surface area contributed by atoms with Gasteiger partial charge in [-0.1, -0.05) is 39.0 Å². The maximum atomic E-state index is 13.5. The molecule has 4 nitrogen and oxygen atoms in total. The lowest BCUT2D eigenvalue weighted by atomic mass is 10.1. The van der Waals surface area contributed by atoms with Crippen molar-refractivity contribution in [3.05, 3.63) is 35.0 Å². The van der Waals surface area contributed by atoms with E-state index >= 15 is 0 Å². The number of rotatable bonds is 11. The van der Waals surface area contributed by atoms with Gasteiger partial charge in [0.15, 0.2) is 0 Å². The quantitative estimate of drug-likeness (QED) is 0.471. The summed E-state index contributed by atoms with van der Waals surface area (Å²) in [6, 6.07) is 3.40. The summed E-state index contributed by atoms with van der Waals surface area (Å²) in [6.45, 7) is 2.14. The van der Waals surface area contributed by atoms with Crippen molar-refractivity contribution in [3.8, 4) is 16.2 Å². The van der Waals surface area contributed by atoms with Gasteiger partial charge in [0.25, 0.3) is 0 Å². The van der Waals surface area contributed by atoms with Crippen LogP contribution in [-0.4, -0.2) is 23.3 Å². The molecular weight excluding hydrogens is 389 g/mol. The van der Waals surface area contributed by atoms with E-state index in [4.69, 9.17) is 15.6 Å². The Labute approximate surface area is 167 Å². The number of aliphatic hydroxyl groups is 1. The molecule has 2 rings (SSSR count). The Morgan fingerprint density at radius 3 is 2.57 bits per heavy atom. The number of halogens is 3. The van der Waals surface area contributed by atoms with Crippen LogP contribution in [0.4, 0.5) is 13.2 Å². The van der Waals surface area contributed by atoms with Crippen molar-refractivity contribution in [2.45, 2.75) is 57.7 Å². The van der Waals surface area contributed by atoms with E-state index < -0.39 is 17.8 Å². The fourth-order valence-electron chi connectivity index (χ4n) is 2.77. The van der Waals surface area contributed by atoms with Crippen LogP contribution in [0.25, 0.3) is 10.4 Å². The van der Waals surface area contributed by atoms with Crippen molar-refractivity contribution < 1.29 is 23.0 Å². The molecule has 0 aliphatic heterocycles. The Morgan fingerprint density at radius 1 is 1.18 bits per heavy atom. The molecule has 2 aromatic rings. The number of hydrogen-bond acceptors (Lipinski definition) is 5. The van der Waals surface area contributed by atoms with Crippen LogP contribution in [0.15, 0.2) is 24.4 Å². The summed E-state index contributed by atoms with van der Waals surface area (Å²) in [6.07, 6.45) is 3.22. The molecule has 0 saturated heterocycles. The maximum absolute atomic E-state index is 13.5. The maximum Gasteiger partial charge on any atom is 0.419 e. The van der Waals surface area contributed by atoms with Crippen molar-refractivity contribution in [2.24, 2.45) is 5.73 Å². The summed E-state index contributed by atoms with van der Waals surface area (Å²) in [5.41, 5.74) is 5.32. The summed E-state index contributed by atoms with van der Waals surface area (Å²) in [7, 11) is 0. The van der Waals surface area contributed by atoms with E-state index in [1.807, 2.05) is 0 Å². The highest BCUT2D eigenvalue weighted by atomic mass is 32.1. The van der Waals surface area contributed by atoms with Gasteiger partial charge in [-0.25, -0.2) is 4.98 Å². The van der Waals surface area contributed by atoms with Crippen molar-refractivity contribution in [3.63, 3.8) is 0 Å². The highest BCUT2D eigenvalue weighted by molar-refractivity contribution is 7.15. The zero-order valence-electron chi connectivity index (χ0n) is 16.0. The van der Waals surface area contributed by atoms with Crippen molar-refractivity contribution >= 4 is 11.3 Å². The van der Waals surface area contributed by atoms with Gasteiger partial charge in [0, 0.05) is 6.20 Å². The zero-order chi connectivity index (χ0) is 20.6. The standard InChI is InChI=1S/C20H27F3N2O2S/c1-2-3-4-5-6-7-10-27-17-9-8-14(11-15(17)20(21,22)23)18-12-25-19(28-18)16(24)13-26/h8-9,11-12,16,26H,2-7,10,13,24H2,1H3/t16-/m0/s1. The van der Waals surface area contributed by atoms with E-state index in [0.717, 1.165) is 38.2 Å². The van der Waals surface area contributed by atoms with Crippen LogP contribution < -0.4 is 10.5 Å². The smallest absolute Gasteiger partial charge is 0.419 e. The Bertz CT molecular complexity index is 734. The normalized spacial score (nSPS) is 12.9. The van der Waals surface area contributed by atoms with Crippen LogP contribution in [0.2, 0.25) is 0 Å². The van der Waals surface area contributed by atoms with Crippen molar-refractivity contribution in [2.75, 3.05) is 13.2 Å². The molecule has 1 aromatic carbocycles. The number of benzene rings is 1. The van der Waals surface area contributed by atoms with Crippen LogP contribution in [0.5, 0.6) is 5.75 Å². The van der Waals surface area contributed by atoms with E-state index in [0.29, 0.717) is 15.4 Å². The molecule has 0 amide bonds. The summed E-state index contributed by atoms with van der Waals surface area (Å²) in [5, 5.41) is 9.58. The Hall–Kier alpha value is -1.64. The number of thiazole rings is 1. The van der Waals surface area contributed by atoms with Crippen LogP contribution in [0, 0.1) is 0 Å². The summed E-state index contributed by atoms with van der Waals surface area (Å²) in [5.74, 6) is -0.151. The van der Waals surface area contributed by atoms with E-state index in [1.165, 1.54) is 30.0 Å². The summed E-state index contributed by atoms with van der Waals surface area (Å²) >= 11 is 1.17. The molecular formula is C20H27F3N2O2S. The number of hydrogen-bond donors (Lipinski definition) is 2. The molecule has 156 valence electrons. The van der Waals surface area contributed by atoms with E-state index in [-0.39, 0.29) is 19.0 Å². The second kappa shape index (κ2) is 10.8. The molecule has 1 atom stereocenters. The molecule has 28 heavy (non-hydrogen) atoms. The van der Waals surface area contributed by atoms with Crippen molar-refractivity contribution in [1.29, 1.82) is 0 Å². The minimum Gasteiger partial charge on any atom is -0.493 e. The van der Waals surface area contributed by atoms with Gasteiger partial charge in [0.1, 0.15) is 10.8 Å². The summed E-state index contributed by atoms with van der Waals surface area (Å²) in [4.78, 5) is 4.65. The fourth-order valence-corrected chi connectivity index (χ4v) is 3.67. The topological polar surface area (TPSA) is 68.4 Å². The molecule has 0 radical (unpaired) electrons. The number of nitrogens with zero attached hydrogens (tertiary/aromatic N) is 1. The molecule has 0 aliphatic carbocycles. The molecule has 0 bridgehead atoms. The van der Waals surface area contributed by atoms with E-state index in [1.54, 1.807) is 6.07 Å². The molecule has 1 aromatic heterocycles. The molecule has 3 N–H and O–H groups in total. The number of ether oxygens (including phenoxy) is 1. The van der Waals surface area contributed by atoms with Crippen LogP contribution >= 0.6 is 11.3 Å². The van der Waals surface area contributed by atoms with Gasteiger partial charge in [-0.15, -0.1) is 11.3 Å². The molecule has 0 aliphatic rings. The second-order valence-electron chi connectivity index (χ2n) is 6.68. The first-order valence-electron chi connectivity index (χ1n) is 9.53. The van der Waals surface area contributed by atoms with Gasteiger partial charge in [-0.3, -0.25) is 0 Å². The molecule has 0 spiro atoms. The third kappa shape index (κ3) is 6.46. The molecule has 0 saturated carbocycles. The number of unbranched alkanes of at least 4 members (excludes halogenated alkanes) is 5. The largest absolute Gasteiger partial charge is 0.493 e.